The first-order valence-electron chi connectivity index (χ1n) is 8.32. The van der Waals surface area contributed by atoms with Gasteiger partial charge in [0.25, 0.3) is 5.89 Å². The number of carbonyl (C=O) groups excluding carboxylic acids is 2. The maximum atomic E-state index is 13.2. The molecule has 0 unspecified atom stereocenters. The molecule has 3 aromatic rings. The summed E-state index contributed by atoms with van der Waals surface area (Å²) in [6, 6.07) is 7.21. The van der Waals surface area contributed by atoms with E-state index >= 15 is 0 Å². The molecule has 0 bridgehead atoms. The number of benzene rings is 1. The molecule has 0 saturated carbocycles. The Kier molecular flexibility index (Phi) is 4.41. The Morgan fingerprint density at radius 2 is 1.89 bits per heavy atom. The van der Waals surface area contributed by atoms with Crippen LogP contribution in [0.25, 0.3) is 11.1 Å². The number of nitrogens with zero attached hydrogens (tertiary/aromatic N) is 4. The fraction of sp³-hybridized carbons (Fsp3) is 0.222. The molecule has 1 fully saturated rings. The van der Waals surface area contributed by atoms with E-state index in [1.165, 1.54) is 34.2 Å². The number of hydrogen-bond acceptors (Lipinski definition) is 6. The molecule has 2 amide bonds. The highest BCUT2D eigenvalue weighted by Gasteiger charge is 2.28. The number of oxazole rings is 1. The molecule has 0 spiro atoms. The molecule has 1 aliphatic rings. The monoisotopic (exact) mass is 370 g/mol. The molecule has 8 nitrogen and oxygen atoms in total. The van der Waals surface area contributed by atoms with Crippen molar-refractivity contribution in [2.45, 2.75) is 0 Å². The lowest BCUT2D eigenvalue weighted by Crippen LogP contribution is -2.51. The normalized spacial score (nSPS) is 14.4. The van der Waals surface area contributed by atoms with Crippen LogP contribution in [-0.2, 0) is 0 Å². The van der Waals surface area contributed by atoms with Crippen LogP contribution in [-0.4, -0.2) is 57.9 Å². The molecule has 138 valence electrons. The van der Waals surface area contributed by atoms with Crippen LogP contribution in [0.4, 0.5) is 9.18 Å². The first-order valence-corrected chi connectivity index (χ1v) is 8.32. The van der Waals surface area contributed by atoms with Gasteiger partial charge in [-0.25, -0.2) is 14.2 Å². The zero-order chi connectivity index (χ0) is 18.8. The fourth-order valence-corrected chi connectivity index (χ4v) is 2.79. The smallest absolute Gasteiger partial charge is 0.415 e. The van der Waals surface area contributed by atoms with Crippen LogP contribution in [0, 0.1) is 5.82 Å². The molecule has 1 saturated heterocycles. The second-order valence-corrected chi connectivity index (χ2v) is 5.97. The van der Waals surface area contributed by atoms with Crippen molar-refractivity contribution in [2.24, 2.45) is 0 Å². The highest BCUT2D eigenvalue weighted by atomic mass is 19.1. The van der Waals surface area contributed by atoms with Gasteiger partial charge in [-0.2, -0.15) is 0 Å². The largest absolute Gasteiger partial charge is 0.432 e. The molecule has 0 atom stereocenters. The Labute approximate surface area is 153 Å². The lowest BCUT2D eigenvalue weighted by molar-refractivity contribution is 0.0599. The number of amides is 2. The first-order chi connectivity index (χ1) is 13.1. The van der Waals surface area contributed by atoms with Crippen LogP contribution in [0.2, 0.25) is 0 Å². The predicted molar refractivity (Wildman–Crippen MR) is 91.7 cm³/mol. The second kappa shape index (κ2) is 7.02. The molecule has 3 heterocycles. The quantitative estimate of drug-likeness (QED) is 0.688. The summed E-state index contributed by atoms with van der Waals surface area (Å²) in [5.74, 6) is -0.591. The summed E-state index contributed by atoms with van der Waals surface area (Å²) in [7, 11) is 0. The van der Waals surface area contributed by atoms with Gasteiger partial charge in [0.1, 0.15) is 11.3 Å². The number of rotatable bonds is 2. The average molecular weight is 370 g/mol. The molecule has 0 N–H and O–H groups in total. The topological polar surface area (TPSA) is 88.8 Å². The van der Waals surface area contributed by atoms with Crippen LogP contribution in [0.3, 0.4) is 0 Å². The lowest BCUT2D eigenvalue weighted by Gasteiger charge is -2.33. The van der Waals surface area contributed by atoms with Crippen molar-refractivity contribution in [1.29, 1.82) is 0 Å². The van der Waals surface area contributed by atoms with E-state index in [4.69, 9.17) is 9.15 Å². The Morgan fingerprint density at radius 3 is 2.63 bits per heavy atom. The molecular weight excluding hydrogens is 355 g/mol. The minimum atomic E-state index is -0.493. The lowest BCUT2D eigenvalue weighted by atomic mass is 10.3. The van der Waals surface area contributed by atoms with E-state index in [0.717, 1.165) is 0 Å². The standard InChI is InChI=1S/C18H15FN4O4/c19-12-3-4-14-15(10-12)27-16(21-14)17(24)22-6-8-23(9-7-22)18(25)26-13-2-1-5-20-11-13/h1-5,10-11H,6-9H2. The van der Waals surface area contributed by atoms with Crippen LogP contribution in [0.15, 0.2) is 47.1 Å². The highest BCUT2D eigenvalue weighted by molar-refractivity contribution is 5.92. The molecule has 1 aromatic carbocycles. The number of halogens is 1. The van der Waals surface area contributed by atoms with Crippen LogP contribution >= 0.6 is 0 Å². The number of carbonyl (C=O) groups is 2. The Balaban J connectivity index is 1.38. The van der Waals surface area contributed by atoms with Crippen molar-refractivity contribution < 1.29 is 23.1 Å². The third kappa shape index (κ3) is 3.57. The van der Waals surface area contributed by atoms with Crippen LogP contribution in [0.1, 0.15) is 10.7 Å². The number of fused-ring (bicyclic) bond motifs is 1. The summed E-state index contributed by atoms with van der Waals surface area (Å²) >= 11 is 0. The van der Waals surface area contributed by atoms with Gasteiger partial charge in [-0.3, -0.25) is 9.78 Å². The van der Waals surface area contributed by atoms with Gasteiger partial charge in [-0.05, 0) is 24.3 Å². The summed E-state index contributed by atoms with van der Waals surface area (Å²) in [6.07, 6.45) is 2.54. The zero-order valence-corrected chi connectivity index (χ0v) is 14.2. The van der Waals surface area contributed by atoms with Gasteiger partial charge in [0.15, 0.2) is 11.3 Å². The second-order valence-electron chi connectivity index (χ2n) is 5.97. The Bertz CT molecular complexity index is 983. The number of hydrogen-bond donors (Lipinski definition) is 0. The SMILES string of the molecule is O=C(Oc1cccnc1)N1CCN(C(=O)c2nc3ccc(F)cc3o2)CC1. The first kappa shape index (κ1) is 17.0. The van der Waals surface area contributed by atoms with Crippen molar-refractivity contribution in [3.8, 4) is 5.75 Å². The van der Waals surface area contributed by atoms with Crippen molar-refractivity contribution in [1.82, 2.24) is 19.8 Å². The van der Waals surface area contributed by atoms with Gasteiger partial charge < -0.3 is 19.0 Å². The molecule has 1 aliphatic heterocycles. The van der Waals surface area contributed by atoms with Crippen LogP contribution in [0.5, 0.6) is 5.75 Å². The summed E-state index contributed by atoms with van der Waals surface area (Å²) < 4.78 is 23.8. The number of aromatic nitrogens is 2. The van der Waals surface area contributed by atoms with Gasteiger partial charge in [-0.15, -0.1) is 0 Å². The van der Waals surface area contributed by atoms with Crippen molar-refractivity contribution in [3.05, 3.63) is 54.4 Å². The van der Waals surface area contributed by atoms with Gasteiger partial charge >= 0.3 is 12.0 Å². The van der Waals surface area contributed by atoms with Crippen molar-refractivity contribution >= 4 is 23.1 Å². The third-order valence-electron chi connectivity index (χ3n) is 4.20. The van der Waals surface area contributed by atoms with Crippen molar-refractivity contribution in [2.75, 3.05) is 26.2 Å². The minimum absolute atomic E-state index is 0.0954. The molecular formula is C18H15FN4O4. The average Bonchev–Trinajstić information content (AvgIpc) is 3.11. The van der Waals surface area contributed by atoms with E-state index < -0.39 is 17.8 Å². The number of ether oxygens (including phenoxy) is 1. The van der Waals surface area contributed by atoms with E-state index in [9.17, 15) is 14.0 Å². The molecule has 0 aliphatic carbocycles. The van der Waals surface area contributed by atoms with Crippen molar-refractivity contribution in [3.63, 3.8) is 0 Å². The van der Waals surface area contributed by atoms with Gasteiger partial charge in [0.05, 0.1) is 6.20 Å². The maximum Gasteiger partial charge on any atom is 0.415 e. The molecule has 9 heteroatoms. The van der Waals surface area contributed by atoms with Gasteiger partial charge in [0, 0.05) is 38.4 Å². The van der Waals surface area contributed by atoms with E-state index in [1.54, 1.807) is 18.3 Å². The van der Waals surface area contributed by atoms with E-state index in [1.807, 2.05) is 0 Å². The minimum Gasteiger partial charge on any atom is -0.432 e. The number of pyridine rings is 1. The molecule has 2 aromatic heterocycles. The summed E-state index contributed by atoms with van der Waals surface area (Å²) in [5, 5.41) is 0. The van der Waals surface area contributed by atoms with Crippen LogP contribution < -0.4 is 4.74 Å². The van der Waals surface area contributed by atoms with Gasteiger partial charge in [-0.1, -0.05) is 0 Å². The summed E-state index contributed by atoms with van der Waals surface area (Å²) in [6.45, 7) is 1.27. The molecule has 0 radical (unpaired) electrons. The van der Waals surface area contributed by atoms with E-state index in [0.29, 0.717) is 37.4 Å². The van der Waals surface area contributed by atoms with Gasteiger partial charge in [0.2, 0.25) is 0 Å². The van der Waals surface area contributed by atoms with E-state index in [2.05, 4.69) is 9.97 Å². The Morgan fingerprint density at radius 1 is 1.11 bits per heavy atom. The summed E-state index contributed by atoms with van der Waals surface area (Å²) in [5.41, 5.74) is 0.635. The molecule has 4 rings (SSSR count). The fourth-order valence-electron chi connectivity index (χ4n) is 2.79. The number of piperazine rings is 1. The highest BCUT2D eigenvalue weighted by Crippen LogP contribution is 2.19. The third-order valence-corrected chi connectivity index (χ3v) is 4.20. The van der Waals surface area contributed by atoms with E-state index in [-0.39, 0.29) is 11.5 Å². The molecule has 27 heavy (non-hydrogen) atoms. The maximum absolute atomic E-state index is 13.2. The summed E-state index contributed by atoms with van der Waals surface area (Å²) in [4.78, 5) is 35.8. The predicted octanol–water partition coefficient (Wildman–Crippen LogP) is 2.32. The Hall–Kier alpha value is -3.49. The zero-order valence-electron chi connectivity index (χ0n) is 14.2.